The van der Waals surface area contributed by atoms with E-state index in [1.807, 2.05) is 45.0 Å². The quantitative estimate of drug-likeness (QED) is 0.687. The Labute approximate surface area is 145 Å². The molecule has 0 saturated carbocycles. The first kappa shape index (κ1) is 16.5. The lowest BCUT2D eigenvalue weighted by Crippen LogP contribution is -2.25. The van der Waals surface area contributed by atoms with E-state index in [2.05, 4.69) is 20.3 Å². The van der Waals surface area contributed by atoms with Gasteiger partial charge in [0, 0.05) is 11.9 Å². The van der Waals surface area contributed by atoms with Crippen LogP contribution in [0.4, 0.5) is 5.69 Å². The van der Waals surface area contributed by atoms with E-state index in [1.165, 1.54) is 11.8 Å². The highest BCUT2D eigenvalue weighted by molar-refractivity contribution is 8.00. The Kier molecular flexibility index (Phi) is 4.85. The summed E-state index contributed by atoms with van der Waals surface area (Å²) >= 11 is 1.45. The van der Waals surface area contributed by atoms with Gasteiger partial charge in [-0.3, -0.25) is 9.78 Å². The van der Waals surface area contributed by atoms with Crippen LogP contribution in [0.5, 0.6) is 0 Å². The van der Waals surface area contributed by atoms with Gasteiger partial charge in [0.2, 0.25) is 5.91 Å². The van der Waals surface area contributed by atoms with Gasteiger partial charge in [0.1, 0.15) is 0 Å². The zero-order chi connectivity index (χ0) is 17.1. The number of hydrogen-bond donors (Lipinski definition) is 2. The van der Waals surface area contributed by atoms with E-state index in [0.717, 1.165) is 39.4 Å². The summed E-state index contributed by atoms with van der Waals surface area (Å²) < 4.78 is 0. The molecule has 0 aliphatic carbocycles. The van der Waals surface area contributed by atoms with Crippen molar-refractivity contribution in [2.45, 2.75) is 37.6 Å². The molecule has 3 aromatic rings. The summed E-state index contributed by atoms with van der Waals surface area (Å²) in [7, 11) is 0. The van der Waals surface area contributed by atoms with Crippen molar-refractivity contribution in [1.82, 2.24) is 15.0 Å². The zero-order valence-corrected chi connectivity index (χ0v) is 14.8. The first-order valence-electron chi connectivity index (χ1n) is 7.92. The number of H-pyrrole nitrogens is 1. The van der Waals surface area contributed by atoms with Gasteiger partial charge in [-0.25, -0.2) is 4.98 Å². The van der Waals surface area contributed by atoms with E-state index >= 15 is 0 Å². The van der Waals surface area contributed by atoms with Crippen molar-refractivity contribution in [3.05, 3.63) is 47.8 Å². The summed E-state index contributed by atoms with van der Waals surface area (Å²) in [6.45, 7) is 6.01. The number of anilines is 1. The first-order valence-corrected chi connectivity index (χ1v) is 8.80. The number of thioether (sulfide) groups is 1. The highest BCUT2D eigenvalue weighted by Gasteiger charge is 2.21. The van der Waals surface area contributed by atoms with Gasteiger partial charge in [-0.2, -0.15) is 0 Å². The van der Waals surface area contributed by atoms with Gasteiger partial charge in [-0.1, -0.05) is 36.9 Å². The number of nitrogens with zero attached hydrogens (tertiary/aromatic N) is 2. The van der Waals surface area contributed by atoms with Crippen molar-refractivity contribution in [3.63, 3.8) is 0 Å². The maximum absolute atomic E-state index is 12.7. The summed E-state index contributed by atoms with van der Waals surface area (Å²) in [4.78, 5) is 24.5. The number of amides is 1. The van der Waals surface area contributed by atoms with Crippen LogP contribution in [0.3, 0.4) is 0 Å². The van der Waals surface area contributed by atoms with Crippen molar-refractivity contribution in [2.75, 3.05) is 5.32 Å². The number of hydrogen-bond acceptors (Lipinski definition) is 4. The molecule has 0 bridgehead atoms. The van der Waals surface area contributed by atoms with Crippen LogP contribution in [0, 0.1) is 13.8 Å². The average Bonchev–Trinajstić information content (AvgIpc) is 2.98. The van der Waals surface area contributed by atoms with Crippen LogP contribution in [-0.4, -0.2) is 26.1 Å². The molecule has 0 aliphatic rings. The summed E-state index contributed by atoms with van der Waals surface area (Å²) in [5, 5.41) is 3.60. The van der Waals surface area contributed by atoms with Crippen molar-refractivity contribution in [3.8, 4) is 0 Å². The minimum absolute atomic E-state index is 0.00141. The molecule has 0 fully saturated rings. The molecule has 1 atom stereocenters. The van der Waals surface area contributed by atoms with Crippen LogP contribution in [-0.2, 0) is 4.79 Å². The third kappa shape index (κ3) is 3.43. The molecule has 1 amide bonds. The van der Waals surface area contributed by atoms with Gasteiger partial charge in [0.25, 0.3) is 0 Å². The third-order valence-corrected chi connectivity index (χ3v) is 5.16. The van der Waals surface area contributed by atoms with Gasteiger partial charge in [0.15, 0.2) is 5.16 Å². The number of aromatic amines is 1. The van der Waals surface area contributed by atoms with Crippen LogP contribution in [0.25, 0.3) is 11.0 Å². The number of para-hydroxylation sites is 1. The second-order valence-corrected chi connectivity index (χ2v) is 6.90. The molecule has 24 heavy (non-hydrogen) atoms. The summed E-state index contributed by atoms with van der Waals surface area (Å²) in [5.41, 5.74) is 4.77. The van der Waals surface area contributed by atoms with Crippen LogP contribution in [0.1, 0.15) is 24.5 Å². The van der Waals surface area contributed by atoms with E-state index in [4.69, 9.17) is 0 Å². The van der Waals surface area contributed by atoms with Crippen molar-refractivity contribution in [2.24, 2.45) is 0 Å². The molecule has 1 aromatic carbocycles. The Morgan fingerprint density at radius 3 is 2.71 bits per heavy atom. The number of carbonyl (C=O) groups is 1. The molecule has 0 aliphatic heterocycles. The smallest absolute Gasteiger partial charge is 0.237 e. The van der Waals surface area contributed by atoms with Crippen molar-refractivity contribution >= 4 is 34.4 Å². The minimum atomic E-state index is -0.211. The molecule has 0 unspecified atom stereocenters. The first-order chi connectivity index (χ1) is 11.6. The van der Waals surface area contributed by atoms with Gasteiger partial charge in [-0.05, 0) is 37.5 Å². The monoisotopic (exact) mass is 340 g/mol. The van der Waals surface area contributed by atoms with E-state index in [1.54, 1.807) is 12.4 Å². The number of fused-ring (bicyclic) bond motifs is 1. The second-order valence-electron chi connectivity index (χ2n) is 5.71. The Bertz CT molecular complexity index is 821. The predicted octanol–water partition coefficient (Wildman–Crippen LogP) is 4.08. The number of aromatic nitrogens is 3. The SMILES string of the molecule is CC[C@@H](Sc1nc2ccncc2[nH]1)C(=O)Nc1c(C)cccc1C. The molecule has 0 saturated heterocycles. The molecular formula is C18H20N4OS. The fourth-order valence-corrected chi connectivity index (χ4v) is 3.48. The molecule has 0 radical (unpaired) electrons. The molecule has 2 N–H and O–H groups in total. The summed E-state index contributed by atoms with van der Waals surface area (Å²) in [6.07, 6.45) is 4.17. The second kappa shape index (κ2) is 7.05. The number of pyridine rings is 1. The fourth-order valence-electron chi connectivity index (χ4n) is 2.56. The Morgan fingerprint density at radius 2 is 2.04 bits per heavy atom. The van der Waals surface area contributed by atoms with E-state index in [9.17, 15) is 4.79 Å². The van der Waals surface area contributed by atoms with Crippen LogP contribution in [0.15, 0.2) is 41.8 Å². The van der Waals surface area contributed by atoms with Gasteiger partial charge in [-0.15, -0.1) is 0 Å². The number of aryl methyl sites for hydroxylation is 2. The fraction of sp³-hybridized carbons (Fsp3) is 0.278. The molecule has 6 heteroatoms. The largest absolute Gasteiger partial charge is 0.332 e. The topological polar surface area (TPSA) is 70.7 Å². The zero-order valence-electron chi connectivity index (χ0n) is 14.0. The predicted molar refractivity (Wildman–Crippen MR) is 98.4 cm³/mol. The van der Waals surface area contributed by atoms with E-state index in [0.29, 0.717) is 0 Å². The Hall–Kier alpha value is -2.34. The lowest BCUT2D eigenvalue weighted by molar-refractivity contribution is -0.115. The molecule has 2 aromatic heterocycles. The number of nitrogens with one attached hydrogen (secondary N) is 2. The number of benzene rings is 1. The van der Waals surface area contributed by atoms with Crippen molar-refractivity contribution < 1.29 is 4.79 Å². The Balaban J connectivity index is 1.77. The number of carbonyl (C=O) groups excluding carboxylic acids is 1. The minimum Gasteiger partial charge on any atom is -0.332 e. The highest BCUT2D eigenvalue weighted by atomic mass is 32.2. The molecule has 2 heterocycles. The molecule has 5 nitrogen and oxygen atoms in total. The maximum atomic E-state index is 12.7. The lowest BCUT2D eigenvalue weighted by Gasteiger charge is -2.16. The van der Waals surface area contributed by atoms with Gasteiger partial charge in [0.05, 0.1) is 22.5 Å². The normalized spacial score (nSPS) is 12.3. The number of imidazole rings is 1. The van der Waals surface area contributed by atoms with E-state index < -0.39 is 0 Å². The van der Waals surface area contributed by atoms with E-state index in [-0.39, 0.29) is 11.2 Å². The van der Waals surface area contributed by atoms with Gasteiger partial charge >= 0.3 is 0 Å². The standard InChI is InChI=1S/C18H20N4OS/c1-4-15(17(23)22-16-11(2)6-5-7-12(16)3)24-18-20-13-8-9-19-10-14(13)21-18/h5-10,15H,4H2,1-3H3,(H,20,21)(H,22,23)/t15-/m1/s1. The lowest BCUT2D eigenvalue weighted by atomic mass is 10.1. The average molecular weight is 340 g/mol. The highest BCUT2D eigenvalue weighted by Crippen LogP contribution is 2.27. The maximum Gasteiger partial charge on any atom is 0.237 e. The van der Waals surface area contributed by atoms with Crippen LogP contribution >= 0.6 is 11.8 Å². The third-order valence-electron chi connectivity index (χ3n) is 3.91. The van der Waals surface area contributed by atoms with Crippen LogP contribution < -0.4 is 5.32 Å². The van der Waals surface area contributed by atoms with Gasteiger partial charge < -0.3 is 10.3 Å². The molecule has 3 rings (SSSR count). The summed E-state index contributed by atoms with van der Waals surface area (Å²) in [5.74, 6) is -0.00141. The van der Waals surface area contributed by atoms with Crippen LogP contribution in [0.2, 0.25) is 0 Å². The summed E-state index contributed by atoms with van der Waals surface area (Å²) in [6, 6.07) is 7.86. The number of rotatable bonds is 5. The molecule has 0 spiro atoms. The molecular weight excluding hydrogens is 320 g/mol. The van der Waals surface area contributed by atoms with Crippen molar-refractivity contribution in [1.29, 1.82) is 0 Å². The molecule has 124 valence electrons. The Morgan fingerprint density at radius 1 is 1.29 bits per heavy atom.